The summed E-state index contributed by atoms with van der Waals surface area (Å²) in [5.74, 6) is 1.63. The summed E-state index contributed by atoms with van der Waals surface area (Å²) in [7, 11) is 1.99. The molecule has 0 amide bonds. The van der Waals surface area contributed by atoms with Gasteiger partial charge >= 0.3 is 0 Å². The molecule has 0 unspecified atom stereocenters. The van der Waals surface area contributed by atoms with Crippen LogP contribution in [0.1, 0.15) is 11.1 Å². The first-order chi connectivity index (χ1) is 11.7. The van der Waals surface area contributed by atoms with Crippen LogP contribution >= 0.6 is 12.2 Å². The molecule has 1 N–H and O–H groups in total. The summed E-state index contributed by atoms with van der Waals surface area (Å²) in [5.41, 5.74) is 2.45. The van der Waals surface area contributed by atoms with Gasteiger partial charge in [0.05, 0.1) is 0 Å². The summed E-state index contributed by atoms with van der Waals surface area (Å²) in [6.45, 7) is 2.77. The van der Waals surface area contributed by atoms with Crippen LogP contribution in [0, 0.1) is 0 Å². The molecule has 2 aromatic carbocycles. The van der Waals surface area contributed by atoms with Gasteiger partial charge in [-0.1, -0.05) is 36.4 Å². The van der Waals surface area contributed by atoms with Crippen molar-refractivity contribution >= 4 is 17.3 Å². The van der Waals surface area contributed by atoms with Crippen molar-refractivity contribution in [3.8, 4) is 11.5 Å². The van der Waals surface area contributed by atoms with Gasteiger partial charge in [-0.05, 0) is 41.9 Å². The second-order valence-electron chi connectivity index (χ2n) is 5.80. The Labute approximate surface area is 148 Å². The van der Waals surface area contributed by atoms with E-state index in [0.29, 0.717) is 13.2 Å². The largest absolute Gasteiger partial charge is 0.486 e. The molecule has 0 saturated carbocycles. The van der Waals surface area contributed by atoms with Crippen LogP contribution in [0.2, 0.25) is 0 Å². The van der Waals surface area contributed by atoms with Crippen molar-refractivity contribution in [2.24, 2.45) is 0 Å². The summed E-state index contributed by atoms with van der Waals surface area (Å²) >= 11 is 5.47. The smallest absolute Gasteiger partial charge is 0.168 e. The molecule has 4 nitrogen and oxygen atoms in total. The lowest BCUT2D eigenvalue weighted by molar-refractivity contribution is 0.171. The number of rotatable bonds is 5. The van der Waals surface area contributed by atoms with Gasteiger partial charge < -0.3 is 19.7 Å². The summed E-state index contributed by atoms with van der Waals surface area (Å²) in [6.07, 6.45) is 0.957. The highest BCUT2D eigenvalue weighted by molar-refractivity contribution is 7.80. The van der Waals surface area contributed by atoms with Gasteiger partial charge in [0.15, 0.2) is 16.6 Å². The van der Waals surface area contributed by atoms with E-state index in [4.69, 9.17) is 21.7 Å². The van der Waals surface area contributed by atoms with E-state index >= 15 is 0 Å². The van der Waals surface area contributed by atoms with Crippen LogP contribution in [0.5, 0.6) is 11.5 Å². The van der Waals surface area contributed by atoms with Crippen molar-refractivity contribution in [2.45, 2.75) is 13.0 Å². The highest BCUT2D eigenvalue weighted by Crippen LogP contribution is 2.30. The zero-order valence-electron chi connectivity index (χ0n) is 13.8. The number of thiocarbonyl (C=S) groups is 1. The van der Waals surface area contributed by atoms with E-state index < -0.39 is 0 Å². The minimum absolute atomic E-state index is 0.603. The lowest BCUT2D eigenvalue weighted by atomic mass is 10.1. The summed E-state index contributed by atoms with van der Waals surface area (Å²) in [6, 6.07) is 16.4. The van der Waals surface area contributed by atoms with E-state index in [2.05, 4.69) is 35.6 Å². The van der Waals surface area contributed by atoms with E-state index in [1.165, 1.54) is 5.56 Å². The molecule has 0 radical (unpaired) electrons. The van der Waals surface area contributed by atoms with Gasteiger partial charge in [0.25, 0.3) is 0 Å². The van der Waals surface area contributed by atoms with Crippen LogP contribution < -0.4 is 14.8 Å². The number of ether oxygens (including phenoxy) is 2. The number of fused-ring (bicyclic) bond motifs is 1. The quantitative estimate of drug-likeness (QED) is 0.845. The molecule has 1 heterocycles. The van der Waals surface area contributed by atoms with Crippen molar-refractivity contribution in [1.82, 2.24) is 10.2 Å². The molecule has 1 aliphatic rings. The first-order valence-electron chi connectivity index (χ1n) is 8.14. The maximum absolute atomic E-state index is 5.63. The molecule has 0 aromatic heterocycles. The second kappa shape index (κ2) is 8.02. The van der Waals surface area contributed by atoms with E-state index in [9.17, 15) is 0 Å². The molecular formula is C19H22N2O2S. The van der Waals surface area contributed by atoms with E-state index in [-0.39, 0.29) is 0 Å². The number of hydrogen-bond acceptors (Lipinski definition) is 3. The Balaban J connectivity index is 1.49. The first kappa shape index (κ1) is 16.6. The minimum Gasteiger partial charge on any atom is -0.486 e. The van der Waals surface area contributed by atoms with Crippen LogP contribution in [-0.2, 0) is 13.0 Å². The van der Waals surface area contributed by atoms with Gasteiger partial charge in [-0.25, -0.2) is 0 Å². The Morgan fingerprint density at radius 2 is 1.79 bits per heavy atom. The van der Waals surface area contributed by atoms with Gasteiger partial charge in [-0.3, -0.25) is 0 Å². The molecule has 0 saturated heterocycles. The first-order valence-corrected chi connectivity index (χ1v) is 8.54. The lowest BCUT2D eigenvalue weighted by Crippen LogP contribution is -2.37. The standard InChI is InChI=1S/C19H22N2O2S/c1-21(19(24)20-10-9-15-5-3-2-4-6-15)14-16-7-8-17-18(13-16)23-12-11-22-17/h2-8,13H,9-12,14H2,1H3,(H,20,24). The molecule has 0 atom stereocenters. The van der Waals surface area contributed by atoms with Crippen LogP contribution in [0.15, 0.2) is 48.5 Å². The highest BCUT2D eigenvalue weighted by atomic mass is 32.1. The maximum Gasteiger partial charge on any atom is 0.168 e. The molecule has 0 spiro atoms. The molecule has 3 rings (SSSR count). The van der Waals surface area contributed by atoms with Crippen LogP contribution in [0.25, 0.3) is 0 Å². The van der Waals surface area contributed by atoms with Crippen LogP contribution in [0.3, 0.4) is 0 Å². The molecule has 0 bridgehead atoms. The number of benzene rings is 2. The lowest BCUT2D eigenvalue weighted by Gasteiger charge is -2.23. The summed E-state index contributed by atoms with van der Waals surface area (Å²) in [5, 5.41) is 4.07. The number of hydrogen-bond donors (Lipinski definition) is 1. The van der Waals surface area contributed by atoms with Crippen molar-refractivity contribution in [1.29, 1.82) is 0 Å². The Morgan fingerprint density at radius 3 is 2.58 bits per heavy atom. The molecule has 24 heavy (non-hydrogen) atoms. The number of nitrogens with one attached hydrogen (secondary N) is 1. The molecule has 1 aliphatic heterocycles. The minimum atomic E-state index is 0.603. The normalized spacial score (nSPS) is 12.5. The molecule has 0 fully saturated rings. The molecule has 2 aromatic rings. The van der Waals surface area contributed by atoms with Crippen LogP contribution in [-0.4, -0.2) is 36.8 Å². The van der Waals surface area contributed by atoms with Crippen LogP contribution in [0.4, 0.5) is 0 Å². The molecule has 0 aliphatic carbocycles. The fraction of sp³-hybridized carbons (Fsp3) is 0.316. The van der Waals surface area contributed by atoms with Gasteiger partial charge in [0, 0.05) is 20.1 Å². The topological polar surface area (TPSA) is 33.7 Å². The van der Waals surface area contributed by atoms with Crippen molar-refractivity contribution in [3.05, 3.63) is 59.7 Å². The maximum atomic E-state index is 5.63. The van der Waals surface area contributed by atoms with E-state index in [1.807, 2.05) is 30.1 Å². The third-order valence-corrected chi connectivity index (χ3v) is 4.36. The fourth-order valence-electron chi connectivity index (χ4n) is 2.63. The third kappa shape index (κ3) is 4.38. The SMILES string of the molecule is CN(Cc1ccc2c(c1)OCCO2)C(=S)NCCc1ccccc1. The van der Waals surface area contributed by atoms with Gasteiger partial charge in [0.2, 0.25) is 0 Å². The Hall–Kier alpha value is -2.27. The van der Waals surface area contributed by atoms with Crippen molar-refractivity contribution < 1.29 is 9.47 Å². The van der Waals surface area contributed by atoms with E-state index in [1.54, 1.807) is 0 Å². The fourth-order valence-corrected chi connectivity index (χ4v) is 2.79. The van der Waals surface area contributed by atoms with Crippen molar-refractivity contribution in [3.63, 3.8) is 0 Å². The number of nitrogens with zero attached hydrogens (tertiary/aromatic N) is 1. The monoisotopic (exact) mass is 342 g/mol. The second-order valence-corrected chi connectivity index (χ2v) is 6.19. The molecule has 5 heteroatoms. The molecular weight excluding hydrogens is 320 g/mol. The predicted molar refractivity (Wildman–Crippen MR) is 99.6 cm³/mol. The average Bonchev–Trinajstić information content (AvgIpc) is 2.62. The van der Waals surface area contributed by atoms with E-state index in [0.717, 1.165) is 41.7 Å². The molecule has 126 valence electrons. The zero-order chi connectivity index (χ0) is 16.8. The Bertz CT molecular complexity index is 691. The van der Waals surface area contributed by atoms with Gasteiger partial charge in [-0.15, -0.1) is 0 Å². The third-order valence-electron chi connectivity index (χ3n) is 3.91. The zero-order valence-corrected chi connectivity index (χ0v) is 14.6. The van der Waals surface area contributed by atoms with Gasteiger partial charge in [0.1, 0.15) is 13.2 Å². The summed E-state index contributed by atoms with van der Waals surface area (Å²) < 4.78 is 11.2. The van der Waals surface area contributed by atoms with Gasteiger partial charge in [-0.2, -0.15) is 0 Å². The predicted octanol–water partition coefficient (Wildman–Crippen LogP) is 3.01. The Morgan fingerprint density at radius 1 is 1.04 bits per heavy atom. The average molecular weight is 342 g/mol. The Kier molecular flexibility index (Phi) is 5.54. The van der Waals surface area contributed by atoms with Crippen molar-refractivity contribution in [2.75, 3.05) is 26.8 Å². The highest BCUT2D eigenvalue weighted by Gasteiger charge is 2.13. The summed E-state index contributed by atoms with van der Waals surface area (Å²) in [4.78, 5) is 2.03.